The van der Waals surface area contributed by atoms with Crippen molar-refractivity contribution in [3.05, 3.63) is 68.9 Å². The van der Waals surface area contributed by atoms with Gasteiger partial charge in [-0.3, -0.25) is 0 Å². The second-order valence-electron chi connectivity index (χ2n) is 4.60. The second kappa shape index (κ2) is 7.21. The van der Waals surface area contributed by atoms with Gasteiger partial charge in [-0.25, -0.2) is 4.39 Å². The lowest BCUT2D eigenvalue weighted by Crippen LogP contribution is -2.23. The van der Waals surface area contributed by atoms with Crippen molar-refractivity contribution >= 4 is 27.5 Å². The van der Waals surface area contributed by atoms with E-state index in [4.69, 9.17) is 11.6 Å². The van der Waals surface area contributed by atoms with Crippen LogP contribution in [0.5, 0.6) is 0 Å². The van der Waals surface area contributed by atoms with Gasteiger partial charge >= 0.3 is 0 Å². The molecule has 1 atom stereocenters. The molecule has 0 amide bonds. The average molecular weight is 357 g/mol. The van der Waals surface area contributed by atoms with Crippen LogP contribution >= 0.6 is 27.5 Å². The summed E-state index contributed by atoms with van der Waals surface area (Å²) in [7, 11) is 0. The zero-order valence-corrected chi connectivity index (χ0v) is 13.5. The van der Waals surface area contributed by atoms with Crippen molar-refractivity contribution in [3.63, 3.8) is 0 Å². The summed E-state index contributed by atoms with van der Waals surface area (Å²) in [5.41, 5.74) is 1.99. The average Bonchev–Trinajstić information content (AvgIpc) is 2.44. The van der Waals surface area contributed by atoms with Crippen LogP contribution in [0.25, 0.3) is 0 Å². The Labute approximate surface area is 132 Å². The van der Waals surface area contributed by atoms with Gasteiger partial charge in [-0.05, 0) is 54.4 Å². The highest BCUT2D eigenvalue weighted by atomic mass is 79.9. The van der Waals surface area contributed by atoms with Crippen molar-refractivity contribution in [1.29, 1.82) is 0 Å². The molecule has 0 aliphatic heterocycles. The largest absolute Gasteiger partial charge is 0.306 e. The van der Waals surface area contributed by atoms with Crippen LogP contribution in [0.1, 0.15) is 30.5 Å². The first-order valence-corrected chi connectivity index (χ1v) is 7.72. The minimum Gasteiger partial charge on any atom is -0.306 e. The standard InChI is InChI=1S/C16H16BrClFN/c1-2-9-20-16(11-3-6-13(19)7-4-11)14-10-12(17)5-8-15(14)18/h3-8,10,16,20H,2,9H2,1H3. The van der Waals surface area contributed by atoms with Gasteiger partial charge in [0, 0.05) is 9.50 Å². The third-order valence-electron chi connectivity index (χ3n) is 3.07. The molecule has 1 N–H and O–H groups in total. The molecular weight excluding hydrogens is 341 g/mol. The topological polar surface area (TPSA) is 12.0 Å². The lowest BCUT2D eigenvalue weighted by Gasteiger charge is -2.21. The first-order chi connectivity index (χ1) is 9.61. The fourth-order valence-electron chi connectivity index (χ4n) is 2.09. The van der Waals surface area contributed by atoms with Gasteiger partial charge in [0.25, 0.3) is 0 Å². The predicted molar refractivity (Wildman–Crippen MR) is 85.7 cm³/mol. The normalized spacial score (nSPS) is 12.4. The number of hydrogen-bond donors (Lipinski definition) is 1. The Bertz CT molecular complexity index is 571. The van der Waals surface area contributed by atoms with E-state index in [1.54, 1.807) is 12.1 Å². The number of halogens is 3. The molecule has 0 saturated carbocycles. The lowest BCUT2D eigenvalue weighted by molar-refractivity contribution is 0.593. The maximum atomic E-state index is 13.1. The van der Waals surface area contributed by atoms with Gasteiger partial charge in [0.1, 0.15) is 5.82 Å². The molecule has 0 aliphatic rings. The van der Waals surface area contributed by atoms with Crippen LogP contribution in [0.4, 0.5) is 4.39 Å². The van der Waals surface area contributed by atoms with Gasteiger partial charge in [0.15, 0.2) is 0 Å². The summed E-state index contributed by atoms with van der Waals surface area (Å²) in [5.74, 6) is -0.233. The van der Waals surface area contributed by atoms with E-state index in [2.05, 4.69) is 28.2 Å². The number of benzene rings is 2. The summed E-state index contributed by atoms with van der Waals surface area (Å²) in [5, 5.41) is 4.16. The summed E-state index contributed by atoms with van der Waals surface area (Å²) in [6, 6.07) is 12.3. The summed E-state index contributed by atoms with van der Waals surface area (Å²) < 4.78 is 14.1. The Kier molecular flexibility index (Phi) is 5.58. The van der Waals surface area contributed by atoms with E-state index in [1.165, 1.54) is 12.1 Å². The fourth-order valence-corrected chi connectivity index (χ4v) is 2.69. The molecule has 0 fully saturated rings. The smallest absolute Gasteiger partial charge is 0.123 e. The van der Waals surface area contributed by atoms with E-state index < -0.39 is 0 Å². The van der Waals surface area contributed by atoms with E-state index in [1.807, 2.05) is 18.2 Å². The van der Waals surface area contributed by atoms with E-state index >= 15 is 0 Å². The molecule has 0 heterocycles. The van der Waals surface area contributed by atoms with Crippen LogP contribution in [-0.4, -0.2) is 6.54 Å². The highest BCUT2D eigenvalue weighted by Gasteiger charge is 2.16. The molecular formula is C16H16BrClFN. The van der Waals surface area contributed by atoms with Gasteiger partial charge in [0.2, 0.25) is 0 Å². The molecule has 1 nitrogen and oxygen atoms in total. The molecule has 2 aromatic carbocycles. The van der Waals surface area contributed by atoms with Crippen LogP contribution < -0.4 is 5.32 Å². The van der Waals surface area contributed by atoms with Crippen molar-refractivity contribution in [2.75, 3.05) is 6.54 Å². The lowest BCUT2D eigenvalue weighted by atomic mass is 9.98. The molecule has 0 aliphatic carbocycles. The summed E-state index contributed by atoms with van der Waals surface area (Å²) in [4.78, 5) is 0. The molecule has 0 spiro atoms. The quantitative estimate of drug-likeness (QED) is 0.763. The van der Waals surface area contributed by atoms with Gasteiger partial charge in [-0.15, -0.1) is 0 Å². The van der Waals surface area contributed by atoms with Crippen molar-refractivity contribution < 1.29 is 4.39 Å². The summed E-state index contributed by atoms with van der Waals surface area (Å²) >= 11 is 9.79. The zero-order valence-electron chi connectivity index (χ0n) is 11.2. The van der Waals surface area contributed by atoms with Crippen LogP contribution in [0, 0.1) is 5.82 Å². The van der Waals surface area contributed by atoms with E-state index in [0.29, 0.717) is 5.02 Å². The minimum atomic E-state index is -0.233. The first kappa shape index (κ1) is 15.5. The molecule has 0 bridgehead atoms. The molecule has 0 saturated heterocycles. The van der Waals surface area contributed by atoms with Gasteiger partial charge in [-0.1, -0.05) is 46.6 Å². The zero-order chi connectivity index (χ0) is 14.5. The molecule has 0 aromatic heterocycles. The van der Waals surface area contributed by atoms with Crippen molar-refractivity contribution in [2.24, 2.45) is 0 Å². The molecule has 20 heavy (non-hydrogen) atoms. The number of hydrogen-bond acceptors (Lipinski definition) is 1. The fraction of sp³-hybridized carbons (Fsp3) is 0.250. The highest BCUT2D eigenvalue weighted by Crippen LogP contribution is 2.31. The van der Waals surface area contributed by atoms with Crippen LogP contribution in [0.15, 0.2) is 46.9 Å². The van der Waals surface area contributed by atoms with E-state index in [0.717, 1.165) is 28.6 Å². The minimum absolute atomic E-state index is 0.0412. The predicted octanol–water partition coefficient (Wildman–Crippen LogP) is 5.33. The van der Waals surface area contributed by atoms with E-state index in [-0.39, 0.29) is 11.9 Å². The van der Waals surface area contributed by atoms with Crippen LogP contribution in [-0.2, 0) is 0 Å². The highest BCUT2D eigenvalue weighted by molar-refractivity contribution is 9.10. The van der Waals surface area contributed by atoms with Crippen molar-refractivity contribution in [1.82, 2.24) is 5.32 Å². The van der Waals surface area contributed by atoms with Crippen molar-refractivity contribution in [2.45, 2.75) is 19.4 Å². The molecule has 2 rings (SSSR count). The molecule has 1 unspecified atom stereocenters. The Morgan fingerprint density at radius 3 is 2.55 bits per heavy atom. The summed E-state index contributed by atoms with van der Waals surface area (Å²) in [6.45, 7) is 2.97. The molecule has 106 valence electrons. The molecule has 2 aromatic rings. The first-order valence-electron chi connectivity index (χ1n) is 6.55. The third kappa shape index (κ3) is 3.81. The summed E-state index contributed by atoms with van der Waals surface area (Å²) in [6.07, 6.45) is 1.02. The van der Waals surface area contributed by atoms with Gasteiger partial charge < -0.3 is 5.32 Å². The molecule has 0 radical (unpaired) electrons. The Balaban J connectivity index is 2.41. The number of rotatable bonds is 5. The Hall–Kier alpha value is -0.900. The van der Waals surface area contributed by atoms with Gasteiger partial charge in [-0.2, -0.15) is 0 Å². The third-order valence-corrected chi connectivity index (χ3v) is 3.91. The molecule has 4 heteroatoms. The van der Waals surface area contributed by atoms with Crippen LogP contribution in [0.2, 0.25) is 5.02 Å². The Morgan fingerprint density at radius 2 is 1.90 bits per heavy atom. The van der Waals surface area contributed by atoms with Crippen molar-refractivity contribution in [3.8, 4) is 0 Å². The monoisotopic (exact) mass is 355 g/mol. The van der Waals surface area contributed by atoms with Gasteiger partial charge in [0.05, 0.1) is 6.04 Å². The number of nitrogens with one attached hydrogen (secondary N) is 1. The second-order valence-corrected chi connectivity index (χ2v) is 5.93. The maximum absolute atomic E-state index is 13.1. The van der Waals surface area contributed by atoms with Crippen LogP contribution in [0.3, 0.4) is 0 Å². The SMILES string of the molecule is CCCNC(c1ccc(F)cc1)c1cc(Br)ccc1Cl. The van der Waals surface area contributed by atoms with E-state index in [9.17, 15) is 4.39 Å². The Morgan fingerprint density at radius 1 is 1.20 bits per heavy atom. The maximum Gasteiger partial charge on any atom is 0.123 e.